The minimum atomic E-state index is -0.728. The van der Waals surface area contributed by atoms with Crippen LogP contribution < -0.4 is 10.1 Å². The summed E-state index contributed by atoms with van der Waals surface area (Å²) in [6, 6.07) is 2.10. The summed E-state index contributed by atoms with van der Waals surface area (Å²) in [6.45, 7) is 1.93. The lowest BCUT2D eigenvalue weighted by molar-refractivity contribution is -0.385. The summed E-state index contributed by atoms with van der Waals surface area (Å²) in [5, 5.41) is 18.0. The largest absolute Gasteiger partial charge is 0.490 e. The predicted molar refractivity (Wildman–Crippen MR) is 75.5 cm³/mol. The van der Waals surface area contributed by atoms with Crippen LogP contribution in [0.4, 0.5) is 21.5 Å². The van der Waals surface area contributed by atoms with E-state index in [0.29, 0.717) is 12.1 Å². The van der Waals surface area contributed by atoms with Gasteiger partial charge in [-0.3, -0.25) is 14.8 Å². The molecule has 8 heteroatoms. The number of nitrogens with zero attached hydrogens (tertiary/aromatic N) is 3. The quantitative estimate of drug-likeness (QED) is 0.677. The maximum absolute atomic E-state index is 14.0. The number of benzene rings is 1. The zero-order valence-electron chi connectivity index (χ0n) is 11.9. The van der Waals surface area contributed by atoms with Crippen LogP contribution in [0, 0.1) is 15.9 Å². The molecule has 0 saturated heterocycles. The van der Waals surface area contributed by atoms with Crippen LogP contribution in [0.15, 0.2) is 18.3 Å². The minimum absolute atomic E-state index is 0.00848. The molecule has 1 aromatic heterocycles. The highest BCUT2D eigenvalue weighted by atomic mass is 19.1. The van der Waals surface area contributed by atoms with E-state index in [1.807, 2.05) is 6.92 Å². The number of hydrogen-bond donors (Lipinski definition) is 1. The molecule has 0 atom stereocenters. The third-order valence-corrected chi connectivity index (χ3v) is 2.97. The topological polar surface area (TPSA) is 82.2 Å². The number of halogens is 1. The molecular weight excluding hydrogens is 279 g/mol. The number of nitro groups is 1. The van der Waals surface area contributed by atoms with Gasteiger partial charge in [0.1, 0.15) is 0 Å². The molecule has 0 spiro atoms. The minimum Gasteiger partial charge on any atom is -0.490 e. The second-order valence-electron chi connectivity index (χ2n) is 4.40. The van der Waals surface area contributed by atoms with Gasteiger partial charge in [0.15, 0.2) is 11.6 Å². The van der Waals surface area contributed by atoms with Crippen molar-refractivity contribution < 1.29 is 14.1 Å². The first-order valence-electron chi connectivity index (χ1n) is 6.27. The highest BCUT2D eigenvalue weighted by Crippen LogP contribution is 2.34. The molecule has 0 amide bonds. The number of rotatable bonds is 5. The lowest BCUT2D eigenvalue weighted by Crippen LogP contribution is -2.00. The number of methoxy groups -OCH3 is 1. The van der Waals surface area contributed by atoms with Gasteiger partial charge in [0.05, 0.1) is 35.2 Å². The first kappa shape index (κ1) is 14.8. The Morgan fingerprint density at radius 3 is 2.76 bits per heavy atom. The fraction of sp³-hybridized carbons (Fsp3) is 0.308. The second-order valence-corrected chi connectivity index (χ2v) is 4.40. The summed E-state index contributed by atoms with van der Waals surface area (Å²) >= 11 is 0. The van der Waals surface area contributed by atoms with Gasteiger partial charge in [0.2, 0.25) is 0 Å². The van der Waals surface area contributed by atoms with E-state index < -0.39 is 16.4 Å². The standard InChI is InChI=1S/C13H15FN4O3/c1-4-9-11(7-17(2)16-9)15-10-6-13(21-3)12(18(19)20)5-8(10)14/h5-7,15H,4H2,1-3H3. The van der Waals surface area contributed by atoms with E-state index >= 15 is 0 Å². The fourth-order valence-electron chi connectivity index (χ4n) is 1.99. The Bertz CT molecular complexity index is 684. The molecule has 0 fully saturated rings. The summed E-state index contributed by atoms with van der Waals surface area (Å²) in [7, 11) is 3.06. The van der Waals surface area contributed by atoms with Crippen molar-refractivity contribution in [1.82, 2.24) is 9.78 Å². The molecule has 0 aliphatic heterocycles. The molecule has 0 saturated carbocycles. The van der Waals surface area contributed by atoms with Crippen molar-refractivity contribution in [2.24, 2.45) is 7.05 Å². The lowest BCUT2D eigenvalue weighted by Gasteiger charge is -2.09. The zero-order chi connectivity index (χ0) is 15.6. The maximum Gasteiger partial charge on any atom is 0.313 e. The normalized spacial score (nSPS) is 10.5. The molecule has 2 rings (SSSR count). The number of nitrogens with one attached hydrogen (secondary N) is 1. The van der Waals surface area contributed by atoms with Crippen LogP contribution in [0.5, 0.6) is 5.75 Å². The number of ether oxygens (including phenoxy) is 1. The number of anilines is 2. The van der Waals surface area contributed by atoms with Crippen LogP contribution in [0.2, 0.25) is 0 Å². The van der Waals surface area contributed by atoms with Crippen LogP contribution in [-0.2, 0) is 13.5 Å². The van der Waals surface area contributed by atoms with Crippen molar-refractivity contribution >= 4 is 17.1 Å². The van der Waals surface area contributed by atoms with Gasteiger partial charge in [-0.1, -0.05) is 6.92 Å². The molecule has 0 radical (unpaired) electrons. The maximum atomic E-state index is 14.0. The summed E-state index contributed by atoms with van der Waals surface area (Å²) in [6.07, 6.45) is 2.39. The number of hydrogen-bond acceptors (Lipinski definition) is 5. The highest BCUT2D eigenvalue weighted by molar-refractivity contribution is 5.66. The molecule has 0 unspecified atom stereocenters. The van der Waals surface area contributed by atoms with Crippen molar-refractivity contribution in [3.05, 3.63) is 40.0 Å². The molecule has 0 aliphatic rings. The fourth-order valence-corrected chi connectivity index (χ4v) is 1.99. The van der Waals surface area contributed by atoms with Gasteiger partial charge < -0.3 is 10.1 Å². The van der Waals surface area contributed by atoms with Gasteiger partial charge in [0, 0.05) is 19.3 Å². The molecule has 112 valence electrons. The Hall–Kier alpha value is -2.64. The van der Waals surface area contributed by atoms with Gasteiger partial charge in [-0.2, -0.15) is 5.10 Å². The second kappa shape index (κ2) is 5.78. The number of aromatic nitrogens is 2. The predicted octanol–water partition coefficient (Wildman–Crippen LogP) is 2.78. The van der Waals surface area contributed by atoms with E-state index in [1.54, 1.807) is 17.9 Å². The number of nitro benzene ring substituents is 1. The third-order valence-electron chi connectivity index (χ3n) is 2.97. The highest BCUT2D eigenvalue weighted by Gasteiger charge is 2.20. The molecular formula is C13H15FN4O3. The van der Waals surface area contributed by atoms with Crippen molar-refractivity contribution in [3.63, 3.8) is 0 Å². The SMILES string of the molecule is CCc1nn(C)cc1Nc1cc(OC)c([N+](=O)[O-])cc1F. The summed E-state index contributed by atoms with van der Waals surface area (Å²) in [5.41, 5.74) is 1.10. The van der Waals surface area contributed by atoms with E-state index in [9.17, 15) is 14.5 Å². The molecule has 7 nitrogen and oxygen atoms in total. The van der Waals surface area contributed by atoms with Crippen molar-refractivity contribution in [3.8, 4) is 5.75 Å². The van der Waals surface area contributed by atoms with Crippen molar-refractivity contribution in [2.45, 2.75) is 13.3 Å². The molecule has 2 aromatic rings. The van der Waals surface area contributed by atoms with E-state index in [0.717, 1.165) is 11.8 Å². The van der Waals surface area contributed by atoms with Crippen LogP contribution >= 0.6 is 0 Å². The average Bonchev–Trinajstić information content (AvgIpc) is 2.80. The first-order chi connectivity index (χ1) is 9.96. The van der Waals surface area contributed by atoms with E-state index in [1.165, 1.54) is 13.2 Å². The van der Waals surface area contributed by atoms with Crippen molar-refractivity contribution in [2.75, 3.05) is 12.4 Å². The van der Waals surface area contributed by atoms with E-state index in [2.05, 4.69) is 10.4 Å². The van der Waals surface area contributed by atoms with E-state index in [-0.39, 0.29) is 11.4 Å². The first-order valence-corrected chi connectivity index (χ1v) is 6.27. The Kier molecular flexibility index (Phi) is 4.06. The van der Waals surface area contributed by atoms with Crippen LogP contribution in [-0.4, -0.2) is 21.8 Å². The summed E-state index contributed by atoms with van der Waals surface area (Å²) < 4.78 is 20.6. The average molecular weight is 294 g/mol. The Morgan fingerprint density at radius 1 is 1.48 bits per heavy atom. The zero-order valence-corrected chi connectivity index (χ0v) is 11.9. The molecule has 1 N–H and O–H groups in total. The van der Waals surface area contributed by atoms with Gasteiger partial charge in [-0.25, -0.2) is 4.39 Å². The molecule has 0 bridgehead atoms. The summed E-state index contributed by atoms with van der Waals surface area (Å²) in [4.78, 5) is 10.1. The molecule has 0 aliphatic carbocycles. The third kappa shape index (κ3) is 2.93. The number of aryl methyl sites for hydroxylation is 2. The van der Waals surface area contributed by atoms with Crippen LogP contribution in [0.1, 0.15) is 12.6 Å². The van der Waals surface area contributed by atoms with Gasteiger partial charge in [0.25, 0.3) is 0 Å². The Balaban J connectivity index is 2.42. The Morgan fingerprint density at radius 2 is 2.19 bits per heavy atom. The smallest absolute Gasteiger partial charge is 0.313 e. The van der Waals surface area contributed by atoms with Gasteiger partial charge >= 0.3 is 5.69 Å². The van der Waals surface area contributed by atoms with E-state index in [4.69, 9.17) is 4.74 Å². The molecule has 1 aromatic carbocycles. The van der Waals surface area contributed by atoms with Gasteiger partial charge in [-0.15, -0.1) is 0 Å². The lowest BCUT2D eigenvalue weighted by atomic mass is 10.2. The molecule has 21 heavy (non-hydrogen) atoms. The molecule has 1 heterocycles. The van der Waals surface area contributed by atoms with Crippen LogP contribution in [0.3, 0.4) is 0 Å². The summed E-state index contributed by atoms with van der Waals surface area (Å²) in [5.74, 6) is -0.737. The van der Waals surface area contributed by atoms with Crippen molar-refractivity contribution in [1.29, 1.82) is 0 Å². The van der Waals surface area contributed by atoms with Crippen LogP contribution in [0.25, 0.3) is 0 Å². The Labute approximate surface area is 120 Å². The monoisotopic (exact) mass is 294 g/mol. The van der Waals surface area contributed by atoms with Gasteiger partial charge in [-0.05, 0) is 6.42 Å².